The number of carboxylic acid groups (broad SMARTS) is 1. The lowest BCUT2D eigenvalue weighted by Gasteiger charge is -2.13. The Kier molecular flexibility index (Phi) is 4.96. The van der Waals surface area contributed by atoms with Gasteiger partial charge in [-0.25, -0.2) is 4.79 Å². The minimum Gasteiger partial charge on any atom is -0.477 e. The number of carbonyl (C=O) groups is 1. The number of hydrogen-bond donors (Lipinski definition) is 2. The van der Waals surface area contributed by atoms with Crippen molar-refractivity contribution < 1.29 is 9.90 Å². The van der Waals surface area contributed by atoms with Crippen LogP contribution in [0, 0.1) is 12.8 Å². The van der Waals surface area contributed by atoms with Gasteiger partial charge in [-0.1, -0.05) is 6.92 Å². The molecule has 0 bridgehead atoms. The molecule has 1 atom stereocenters. The predicted molar refractivity (Wildman–Crippen MR) is 77.9 cm³/mol. The van der Waals surface area contributed by atoms with Crippen molar-refractivity contribution in [1.82, 2.24) is 10.2 Å². The monoisotopic (exact) mass is 282 g/mol. The molecule has 5 heteroatoms. The highest BCUT2D eigenvalue weighted by Crippen LogP contribution is 2.21. The Morgan fingerprint density at radius 2 is 2.42 bits per heavy atom. The molecular formula is C14H22N2O2S. The van der Waals surface area contributed by atoms with Crippen molar-refractivity contribution in [2.24, 2.45) is 5.92 Å². The molecule has 0 amide bonds. The molecule has 1 unspecified atom stereocenters. The molecule has 1 saturated heterocycles. The highest BCUT2D eigenvalue weighted by atomic mass is 32.1. The average Bonchev–Trinajstić information content (AvgIpc) is 2.97. The molecule has 106 valence electrons. The molecule has 2 heterocycles. The molecule has 0 spiro atoms. The van der Waals surface area contributed by atoms with Crippen LogP contribution in [-0.4, -0.2) is 42.2 Å². The molecule has 0 saturated carbocycles. The van der Waals surface area contributed by atoms with Gasteiger partial charge in [0.15, 0.2) is 0 Å². The number of aromatic carboxylic acids is 1. The summed E-state index contributed by atoms with van der Waals surface area (Å²) in [4.78, 5) is 14.9. The van der Waals surface area contributed by atoms with E-state index in [0.717, 1.165) is 36.0 Å². The standard InChI is InChI=1S/C14H22N2O2S/c1-3-16-5-4-11(9-16)7-15-8-12-6-13(14(17)18)19-10(12)2/h6,11,15H,3-5,7-9H2,1-2H3,(H,17,18). The smallest absolute Gasteiger partial charge is 0.345 e. The largest absolute Gasteiger partial charge is 0.477 e. The van der Waals surface area contributed by atoms with Crippen molar-refractivity contribution in [3.63, 3.8) is 0 Å². The molecule has 0 aliphatic carbocycles. The van der Waals surface area contributed by atoms with Crippen LogP contribution < -0.4 is 5.32 Å². The summed E-state index contributed by atoms with van der Waals surface area (Å²) in [5, 5.41) is 12.4. The fourth-order valence-electron chi connectivity index (χ4n) is 2.58. The first-order valence-corrected chi connectivity index (χ1v) is 7.67. The van der Waals surface area contributed by atoms with Gasteiger partial charge >= 0.3 is 5.97 Å². The molecular weight excluding hydrogens is 260 g/mol. The third kappa shape index (κ3) is 3.78. The molecule has 1 aliphatic heterocycles. The van der Waals surface area contributed by atoms with Gasteiger partial charge in [0.2, 0.25) is 0 Å². The SMILES string of the molecule is CCN1CCC(CNCc2cc(C(=O)O)sc2C)C1. The fourth-order valence-corrected chi connectivity index (χ4v) is 3.46. The molecule has 1 aromatic rings. The fraction of sp³-hybridized carbons (Fsp3) is 0.643. The summed E-state index contributed by atoms with van der Waals surface area (Å²) in [6.07, 6.45) is 1.27. The topological polar surface area (TPSA) is 52.6 Å². The van der Waals surface area contributed by atoms with Gasteiger partial charge in [-0.15, -0.1) is 11.3 Å². The quantitative estimate of drug-likeness (QED) is 0.840. The predicted octanol–water partition coefficient (Wildman–Crippen LogP) is 2.19. The van der Waals surface area contributed by atoms with E-state index in [1.54, 1.807) is 6.07 Å². The summed E-state index contributed by atoms with van der Waals surface area (Å²) < 4.78 is 0. The number of rotatable bonds is 6. The minimum atomic E-state index is -0.825. The number of thiophene rings is 1. The summed E-state index contributed by atoms with van der Waals surface area (Å²) in [5.74, 6) is -0.0911. The maximum absolute atomic E-state index is 10.9. The summed E-state index contributed by atoms with van der Waals surface area (Å²) in [6.45, 7) is 9.53. The maximum atomic E-state index is 10.9. The van der Waals surface area contributed by atoms with Crippen LogP contribution in [0.15, 0.2) is 6.07 Å². The molecule has 1 fully saturated rings. The Labute approximate surface area is 118 Å². The summed E-state index contributed by atoms with van der Waals surface area (Å²) in [6, 6.07) is 1.79. The maximum Gasteiger partial charge on any atom is 0.345 e. The van der Waals surface area contributed by atoms with Gasteiger partial charge in [0.1, 0.15) is 4.88 Å². The molecule has 1 aromatic heterocycles. The van der Waals surface area contributed by atoms with Crippen molar-refractivity contribution in [2.75, 3.05) is 26.2 Å². The van der Waals surface area contributed by atoms with Gasteiger partial charge in [0, 0.05) is 18.0 Å². The molecule has 0 aromatic carbocycles. The van der Waals surface area contributed by atoms with Crippen LogP contribution in [0.2, 0.25) is 0 Å². The van der Waals surface area contributed by atoms with E-state index in [2.05, 4.69) is 17.1 Å². The van der Waals surface area contributed by atoms with Gasteiger partial charge in [-0.2, -0.15) is 0 Å². The van der Waals surface area contributed by atoms with Gasteiger partial charge < -0.3 is 15.3 Å². The van der Waals surface area contributed by atoms with E-state index in [4.69, 9.17) is 5.11 Å². The molecule has 2 N–H and O–H groups in total. The number of nitrogens with one attached hydrogen (secondary N) is 1. The lowest BCUT2D eigenvalue weighted by Crippen LogP contribution is -2.26. The zero-order chi connectivity index (χ0) is 13.8. The van der Waals surface area contributed by atoms with Crippen molar-refractivity contribution in [3.05, 3.63) is 21.4 Å². The highest BCUT2D eigenvalue weighted by molar-refractivity contribution is 7.14. The highest BCUT2D eigenvalue weighted by Gasteiger charge is 2.20. The first kappa shape index (κ1) is 14.5. The molecule has 19 heavy (non-hydrogen) atoms. The van der Waals surface area contributed by atoms with Gasteiger partial charge in [-0.05, 0) is 50.5 Å². The van der Waals surface area contributed by atoms with E-state index >= 15 is 0 Å². The zero-order valence-corrected chi connectivity index (χ0v) is 12.4. The van der Waals surface area contributed by atoms with Gasteiger partial charge in [-0.3, -0.25) is 0 Å². The summed E-state index contributed by atoms with van der Waals surface area (Å²) in [5.41, 5.74) is 1.12. The third-order valence-electron chi connectivity index (χ3n) is 3.80. The number of likely N-dealkylation sites (tertiary alicyclic amines) is 1. The Bertz CT molecular complexity index is 445. The molecule has 1 aliphatic rings. The lowest BCUT2D eigenvalue weighted by molar-refractivity contribution is 0.0702. The van der Waals surface area contributed by atoms with Gasteiger partial charge in [0.05, 0.1) is 0 Å². The van der Waals surface area contributed by atoms with Crippen molar-refractivity contribution in [1.29, 1.82) is 0 Å². The molecule has 4 nitrogen and oxygen atoms in total. The van der Waals surface area contributed by atoms with Crippen LogP contribution in [0.4, 0.5) is 0 Å². The number of carboxylic acids is 1. The van der Waals surface area contributed by atoms with Crippen LogP contribution in [0.1, 0.15) is 33.5 Å². The number of aryl methyl sites for hydroxylation is 1. The van der Waals surface area contributed by atoms with Crippen LogP contribution >= 0.6 is 11.3 Å². The minimum absolute atomic E-state index is 0.437. The van der Waals surface area contributed by atoms with E-state index in [-0.39, 0.29) is 0 Å². The normalized spacial score (nSPS) is 20.0. The van der Waals surface area contributed by atoms with Crippen LogP contribution in [0.25, 0.3) is 0 Å². The first-order valence-electron chi connectivity index (χ1n) is 6.85. The second kappa shape index (κ2) is 6.50. The lowest BCUT2D eigenvalue weighted by atomic mass is 10.1. The second-order valence-corrected chi connectivity index (χ2v) is 6.43. The van der Waals surface area contributed by atoms with Crippen LogP contribution in [0.3, 0.4) is 0 Å². The van der Waals surface area contributed by atoms with E-state index in [1.165, 1.54) is 30.8 Å². The molecule has 0 radical (unpaired) electrons. The first-order chi connectivity index (χ1) is 9.10. The second-order valence-electron chi connectivity index (χ2n) is 5.18. The van der Waals surface area contributed by atoms with Gasteiger partial charge in [0.25, 0.3) is 0 Å². The van der Waals surface area contributed by atoms with E-state index < -0.39 is 5.97 Å². The Morgan fingerprint density at radius 3 is 3.00 bits per heavy atom. The Hall–Kier alpha value is -0.910. The van der Waals surface area contributed by atoms with E-state index in [1.807, 2.05) is 6.92 Å². The van der Waals surface area contributed by atoms with E-state index in [9.17, 15) is 4.79 Å². The Morgan fingerprint density at radius 1 is 1.63 bits per heavy atom. The van der Waals surface area contributed by atoms with E-state index in [0.29, 0.717) is 4.88 Å². The Balaban J connectivity index is 1.78. The number of hydrogen-bond acceptors (Lipinski definition) is 4. The molecule has 2 rings (SSSR count). The van der Waals surface area contributed by atoms with Crippen molar-refractivity contribution in [3.8, 4) is 0 Å². The van der Waals surface area contributed by atoms with Crippen LogP contribution in [-0.2, 0) is 6.54 Å². The average molecular weight is 282 g/mol. The summed E-state index contributed by atoms with van der Waals surface area (Å²) >= 11 is 1.36. The zero-order valence-electron chi connectivity index (χ0n) is 11.6. The third-order valence-corrected chi connectivity index (χ3v) is 4.88. The summed E-state index contributed by atoms with van der Waals surface area (Å²) in [7, 11) is 0. The van der Waals surface area contributed by atoms with Crippen LogP contribution in [0.5, 0.6) is 0 Å². The van der Waals surface area contributed by atoms with Crippen molar-refractivity contribution in [2.45, 2.75) is 26.8 Å². The number of nitrogens with zero attached hydrogens (tertiary/aromatic N) is 1. The van der Waals surface area contributed by atoms with Crippen molar-refractivity contribution >= 4 is 17.3 Å².